The zero-order chi connectivity index (χ0) is 18.9. The van der Waals surface area contributed by atoms with Gasteiger partial charge in [-0.25, -0.2) is 0 Å². The lowest BCUT2D eigenvalue weighted by Gasteiger charge is -2.25. The smallest absolute Gasteiger partial charge is 0.225 e. The molecule has 1 aliphatic heterocycles. The third-order valence-corrected chi connectivity index (χ3v) is 5.30. The van der Waals surface area contributed by atoms with Gasteiger partial charge < -0.3 is 14.5 Å². The maximum absolute atomic E-state index is 12.6. The molecule has 1 saturated heterocycles. The molecule has 0 bridgehead atoms. The summed E-state index contributed by atoms with van der Waals surface area (Å²) in [5, 5.41) is 0. The highest BCUT2D eigenvalue weighted by Crippen LogP contribution is 2.20. The van der Waals surface area contributed by atoms with Gasteiger partial charge in [-0.1, -0.05) is 32.0 Å². The predicted octanol–water partition coefficient (Wildman–Crippen LogP) is 3.12. The molecule has 0 unspecified atom stereocenters. The maximum atomic E-state index is 12.6. The second-order valence-electron chi connectivity index (χ2n) is 6.88. The highest BCUT2D eigenvalue weighted by atomic mass is 16.5. The zero-order valence-electron chi connectivity index (χ0n) is 16.4. The number of amides is 2. The van der Waals surface area contributed by atoms with Gasteiger partial charge in [-0.15, -0.1) is 0 Å². The Morgan fingerprint density at radius 3 is 2.38 bits per heavy atom. The number of benzene rings is 1. The van der Waals surface area contributed by atoms with E-state index in [0.717, 1.165) is 43.7 Å². The number of aryl methyl sites for hydroxylation is 1. The lowest BCUT2D eigenvalue weighted by atomic mass is 10.0. The minimum atomic E-state index is 0.114. The highest BCUT2D eigenvalue weighted by molar-refractivity contribution is 5.79. The quantitative estimate of drug-likeness (QED) is 0.751. The summed E-state index contributed by atoms with van der Waals surface area (Å²) in [6, 6.07) is 7.83. The Labute approximate surface area is 157 Å². The molecule has 0 radical (unpaired) electrons. The van der Waals surface area contributed by atoms with Crippen molar-refractivity contribution in [1.29, 1.82) is 0 Å². The number of rotatable bonds is 7. The van der Waals surface area contributed by atoms with E-state index in [4.69, 9.17) is 4.74 Å². The summed E-state index contributed by atoms with van der Waals surface area (Å²) in [6.07, 6.45) is 3.77. The van der Waals surface area contributed by atoms with Crippen molar-refractivity contribution >= 4 is 11.8 Å². The van der Waals surface area contributed by atoms with Gasteiger partial charge in [-0.3, -0.25) is 9.59 Å². The van der Waals surface area contributed by atoms with Crippen LogP contribution < -0.4 is 4.74 Å². The third kappa shape index (κ3) is 5.23. The second kappa shape index (κ2) is 10.2. The average Bonchev–Trinajstić information content (AvgIpc) is 2.93. The fraction of sp³-hybridized carbons (Fsp3) is 0.619. The molecule has 5 heteroatoms. The Morgan fingerprint density at radius 2 is 1.69 bits per heavy atom. The molecule has 0 aliphatic carbocycles. The predicted molar refractivity (Wildman–Crippen MR) is 103 cm³/mol. The molecule has 144 valence electrons. The van der Waals surface area contributed by atoms with E-state index in [1.165, 1.54) is 0 Å². The van der Waals surface area contributed by atoms with E-state index in [0.29, 0.717) is 25.9 Å². The van der Waals surface area contributed by atoms with Crippen LogP contribution in [0.2, 0.25) is 0 Å². The molecular weight excluding hydrogens is 328 g/mol. The molecule has 1 aromatic carbocycles. The van der Waals surface area contributed by atoms with Crippen molar-refractivity contribution < 1.29 is 14.3 Å². The van der Waals surface area contributed by atoms with E-state index in [-0.39, 0.29) is 17.7 Å². The van der Waals surface area contributed by atoms with Gasteiger partial charge in [0.05, 0.1) is 7.11 Å². The van der Waals surface area contributed by atoms with Gasteiger partial charge in [0.2, 0.25) is 11.8 Å². The first kappa shape index (κ1) is 20.3. The van der Waals surface area contributed by atoms with Crippen LogP contribution in [0, 0.1) is 5.92 Å². The topological polar surface area (TPSA) is 49.9 Å². The van der Waals surface area contributed by atoms with Gasteiger partial charge in [-0.2, -0.15) is 0 Å². The fourth-order valence-electron chi connectivity index (χ4n) is 3.59. The first-order valence-electron chi connectivity index (χ1n) is 9.79. The van der Waals surface area contributed by atoms with Crippen molar-refractivity contribution in [3.05, 3.63) is 29.8 Å². The van der Waals surface area contributed by atoms with E-state index in [9.17, 15) is 9.59 Å². The first-order chi connectivity index (χ1) is 12.6. The van der Waals surface area contributed by atoms with Crippen molar-refractivity contribution in [2.24, 2.45) is 5.92 Å². The Bertz CT molecular complexity index is 599. The molecular formula is C21H32N2O3. The van der Waals surface area contributed by atoms with E-state index >= 15 is 0 Å². The van der Waals surface area contributed by atoms with Gasteiger partial charge in [0.25, 0.3) is 0 Å². The summed E-state index contributed by atoms with van der Waals surface area (Å²) in [5.74, 6) is 1.35. The van der Waals surface area contributed by atoms with Gasteiger partial charge >= 0.3 is 0 Å². The molecule has 5 nitrogen and oxygen atoms in total. The number of ether oxygens (including phenoxy) is 1. The van der Waals surface area contributed by atoms with E-state index in [1.54, 1.807) is 7.11 Å². The number of nitrogens with zero attached hydrogens (tertiary/aromatic N) is 2. The first-order valence-corrected chi connectivity index (χ1v) is 9.79. The molecule has 0 N–H and O–H groups in total. The van der Waals surface area contributed by atoms with Gasteiger partial charge in [-0.05, 0) is 37.3 Å². The van der Waals surface area contributed by atoms with Gasteiger partial charge in [0.1, 0.15) is 5.75 Å². The number of hydrogen-bond donors (Lipinski definition) is 0. The molecule has 26 heavy (non-hydrogen) atoms. The molecule has 1 heterocycles. The van der Waals surface area contributed by atoms with Gasteiger partial charge in [0, 0.05) is 38.5 Å². The third-order valence-electron chi connectivity index (χ3n) is 5.30. The van der Waals surface area contributed by atoms with Crippen LogP contribution in [0.5, 0.6) is 5.75 Å². The summed E-state index contributed by atoms with van der Waals surface area (Å²) >= 11 is 0. The molecule has 1 aliphatic rings. The summed E-state index contributed by atoms with van der Waals surface area (Å²) in [5.41, 5.74) is 1.06. The summed E-state index contributed by atoms with van der Waals surface area (Å²) in [7, 11) is 1.65. The number of para-hydroxylation sites is 1. The van der Waals surface area contributed by atoms with Crippen LogP contribution in [0.1, 0.15) is 45.1 Å². The Kier molecular flexibility index (Phi) is 7.95. The lowest BCUT2D eigenvalue weighted by Crippen LogP contribution is -2.39. The van der Waals surface area contributed by atoms with Crippen molar-refractivity contribution in [1.82, 2.24) is 9.80 Å². The maximum Gasteiger partial charge on any atom is 0.225 e. The van der Waals surface area contributed by atoms with Crippen LogP contribution >= 0.6 is 0 Å². The molecule has 0 saturated carbocycles. The number of carbonyl (C=O) groups is 2. The second-order valence-corrected chi connectivity index (χ2v) is 6.88. The van der Waals surface area contributed by atoms with Crippen LogP contribution in [-0.2, 0) is 16.0 Å². The largest absolute Gasteiger partial charge is 0.496 e. The van der Waals surface area contributed by atoms with E-state index in [1.807, 2.05) is 34.1 Å². The average molecular weight is 360 g/mol. The van der Waals surface area contributed by atoms with Crippen LogP contribution in [0.4, 0.5) is 0 Å². The fourth-order valence-corrected chi connectivity index (χ4v) is 3.59. The van der Waals surface area contributed by atoms with Crippen LogP contribution in [0.15, 0.2) is 24.3 Å². The molecule has 1 aromatic rings. The summed E-state index contributed by atoms with van der Waals surface area (Å²) in [6.45, 7) is 6.91. The summed E-state index contributed by atoms with van der Waals surface area (Å²) < 4.78 is 5.36. The molecule has 0 atom stereocenters. The Morgan fingerprint density at radius 1 is 1.04 bits per heavy atom. The minimum Gasteiger partial charge on any atom is -0.496 e. The molecule has 0 spiro atoms. The number of methoxy groups -OCH3 is 1. The Hall–Kier alpha value is -2.04. The summed E-state index contributed by atoms with van der Waals surface area (Å²) in [4.78, 5) is 29.1. The van der Waals surface area contributed by atoms with Crippen LogP contribution in [-0.4, -0.2) is 54.9 Å². The zero-order valence-corrected chi connectivity index (χ0v) is 16.4. The number of carbonyl (C=O) groups excluding carboxylic acids is 2. The monoisotopic (exact) mass is 360 g/mol. The van der Waals surface area contributed by atoms with Crippen molar-refractivity contribution in [3.8, 4) is 5.75 Å². The lowest BCUT2D eigenvalue weighted by molar-refractivity contribution is -0.136. The SMILES string of the molecule is CCC(CC)C(=O)N1CCCN(C(=O)CCc2ccccc2OC)CC1. The number of hydrogen-bond acceptors (Lipinski definition) is 3. The van der Waals surface area contributed by atoms with Crippen LogP contribution in [0.25, 0.3) is 0 Å². The van der Waals surface area contributed by atoms with E-state index in [2.05, 4.69) is 13.8 Å². The normalized spacial score (nSPS) is 15.1. The highest BCUT2D eigenvalue weighted by Gasteiger charge is 2.25. The molecule has 1 fully saturated rings. The van der Waals surface area contributed by atoms with Gasteiger partial charge in [0.15, 0.2) is 0 Å². The Balaban J connectivity index is 1.88. The molecule has 0 aromatic heterocycles. The molecule has 2 rings (SSSR count). The van der Waals surface area contributed by atoms with Crippen molar-refractivity contribution in [2.75, 3.05) is 33.3 Å². The minimum absolute atomic E-state index is 0.114. The van der Waals surface area contributed by atoms with Crippen molar-refractivity contribution in [2.45, 2.75) is 46.0 Å². The van der Waals surface area contributed by atoms with E-state index < -0.39 is 0 Å². The van der Waals surface area contributed by atoms with Crippen molar-refractivity contribution in [3.63, 3.8) is 0 Å². The standard InChI is InChI=1S/C21H32N2O3/c1-4-17(5-2)21(25)23-14-8-13-22(15-16-23)20(24)12-11-18-9-6-7-10-19(18)26-3/h6-7,9-10,17H,4-5,8,11-16H2,1-3H3. The van der Waals surface area contributed by atoms with Crippen LogP contribution in [0.3, 0.4) is 0 Å². The molecule has 2 amide bonds.